The van der Waals surface area contributed by atoms with Crippen molar-refractivity contribution in [3.05, 3.63) is 23.7 Å². The Hall–Kier alpha value is -0.800. The van der Waals surface area contributed by atoms with Gasteiger partial charge in [0.25, 0.3) is 0 Å². The lowest BCUT2D eigenvalue weighted by atomic mass is 9.82. The van der Waals surface area contributed by atoms with Gasteiger partial charge in [0.1, 0.15) is 11.5 Å². The van der Waals surface area contributed by atoms with Crippen LogP contribution in [0.5, 0.6) is 0 Å². The third-order valence-electron chi connectivity index (χ3n) is 3.42. The highest BCUT2D eigenvalue weighted by Crippen LogP contribution is 2.25. The van der Waals surface area contributed by atoms with Crippen LogP contribution in [-0.2, 0) is 6.54 Å². The van der Waals surface area contributed by atoms with Crippen molar-refractivity contribution in [3.63, 3.8) is 0 Å². The van der Waals surface area contributed by atoms with Gasteiger partial charge in [-0.25, -0.2) is 0 Å². The summed E-state index contributed by atoms with van der Waals surface area (Å²) in [5, 5.41) is 3.41. The highest BCUT2D eigenvalue weighted by Gasteiger charge is 2.26. The molecule has 0 saturated heterocycles. The first kappa shape index (κ1) is 11.7. The molecule has 0 bridgehead atoms. The number of nitrogens with two attached hydrogens (primary N) is 1. The molecule has 2 rings (SSSR count). The zero-order chi connectivity index (χ0) is 11.4. The normalized spacial score (nSPS) is 19.9. The third kappa shape index (κ3) is 3.09. The van der Waals surface area contributed by atoms with Crippen molar-refractivity contribution < 1.29 is 4.42 Å². The van der Waals surface area contributed by atoms with Crippen molar-refractivity contribution in [2.45, 2.75) is 51.1 Å². The van der Waals surface area contributed by atoms with Crippen LogP contribution in [0, 0.1) is 6.92 Å². The van der Waals surface area contributed by atoms with E-state index in [1.54, 1.807) is 0 Å². The largest absolute Gasteiger partial charge is 0.465 e. The Labute approximate surface area is 97.4 Å². The highest BCUT2D eigenvalue weighted by atomic mass is 16.3. The van der Waals surface area contributed by atoms with Gasteiger partial charge in [-0.15, -0.1) is 0 Å². The van der Waals surface area contributed by atoms with Crippen molar-refractivity contribution in [3.8, 4) is 0 Å². The predicted molar refractivity (Wildman–Crippen MR) is 65.2 cm³/mol. The van der Waals surface area contributed by atoms with Crippen LogP contribution in [0.4, 0.5) is 0 Å². The molecular weight excluding hydrogens is 200 g/mol. The molecule has 1 aromatic rings. The average Bonchev–Trinajstić information content (AvgIpc) is 2.65. The van der Waals surface area contributed by atoms with Gasteiger partial charge in [-0.1, -0.05) is 19.3 Å². The van der Waals surface area contributed by atoms with E-state index in [0.717, 1.165) is 37.5 Å². The summed E-state index contributed by atoms with van der Waals surface area (Å²) in [4.78, 5) is 0. The smallest absolute Gasteiger partial charge is 0.117 e. The van der Waals surface area contributed by atoms with E-state index >= 15 is 0 Å². The van der Waals surface area contributed by atoms with Crippen LogP contribution in [0.25, 0.3) is 0 Å². The summed E-state index contributed by atoms with van der Waals surface area (Å²) in [5.41, 5.74) is 6.35. The van der Waals surface area contributed by atoms with Gasteiger partial charge in [0.2, 0.25) is 0 Å². The van der Waals surface area contributed by atoms with Gasteiger partial charge in [0.05, 0.1) is 6.54 Å². The van der Waals surface area contributed by atoms with Gasteiger partial charge in [-0.05, 0) is 31.9 Å². The summed E-state index contributed by atoms with van der Waals surface area (Å²) in [5.74, 6) is 1.97. The number of hydrogen-bond donors (Lipinski definition) is 2. The van der Waals surface area contributed by atoms with Crippen LogP contribution in [0.2, 0.25) is 0 Å². The van der Waals surface area contributed by atoms with Crippen molar-refractivity contribution in [2.75, 3.05) is 6.54 Å². The number of hydrogen-bond acceptors (Lipinski definition) is 3. The summed E-state index contributed by atoms with van der Waals surface area (Å²) in [6.45, 7) is 3.65. The van der Waals surface area contributed by atoms with E-state index in [-0.39, 0.29) is 5.54 Å². The Bertz CT molecular complexity index is 326. The summed E-state index contributed by atoms with van der Waals surface area (Å²) in [6.07, 6.45) is 6.20. The summed E-state index contributed by atoms with van der Waals surface area (Å²) in [6, 6.07) is 4.02. The first-order chi connectivity index (χ1) is 7.68. The highest BCUT2D eigenvalue weighted by molar-refractivity contribution is 5.05. The first-order valence-corrected chi connectivity index (χ1v) is 6.23. The molecule has 1 heterocycles. The van der Waals surface area contributed by atoms with E-state index in [4.69, 9.17) is 10.2 Å². The lowest BCUT2D eigenvalue weighted by molar-refractivity contribution is 0.280. The lowest BCUT2D eigenvalue weighted by Crippen LogP contribution is -2.49. The van der Waals surface area contributed by atoms with Gasteiger partial charge < -0.3 is 15.5 Å². The molecule has 16 heavy (non-hydrogen) atoms. The Morgan fingerprint density at radius 1 is 1.31 bits per heavy atom. The number of furan rings is 1. The molecule has 1 saturated carbocycles. The summed E-state index contributed by atoms with van der Waals surface area (Å²) in [7, 11) is 0. The first-order valence-electron chi connectivity index (χ1n) is 6.23. The van der Waals surface area contributed by atoms with Crippen LogP contribution >= 0.6 is 0 Å². The van der Waals surface area contributed by atoms with Gasteiger partial charge in [-0.3, -0.25) is 0 Å². The van der Waals surface area contributed by atoms with Crippen molar-refractivity contribution >= 4 is 0 Å². The van der Waals surface area contributed by atoms with E-state index in [0.29, 0.717) is 0 Å². The Kier molecular flexibility index (Phi) is 3.66. The van der Waals surface area contributed by atoms with E-state index in [1.165, 1.54) is 19.3 Å². The van der Waals surface area contributed by atoms with Gasteiger partial charge in [0.15, 0.2) is 0 Å². The fraction of sp³-hybridized carbons (Fsp3) is 0.692. The predicted octanol–water partition coefficient (Wildman–Crippen LogP) is 2.34. The van der Waals surface area contributed by atoms with E-state index < -0.39 is 0 Å². The van der Waals surface area contributed by atoms with E-state index in [9.17, 15) is 0 Å². The molecule has 0 radical (unpaired) electrons. The minimum absolute atomic E-state index is 0.0138. The molecule has 1 aliphatic rings. The van der Waals surface area contributed by atoms with Crippen molar-refractivity contribution in [1.82, 2.24) is 5.32 Å². The van der Waals surface area contributed by atoms with Crippen molar-refractivity contribution in [2.24, 2.45) is 5.73 Å². The maximum atomic E-state index is 6.34. The molecule has 0 aliphatic heterocycles. The summed E-state index contributed by atoms with van der Waals surface area (Å²) < 4.78 is 5.50. The molecule has 0 atom stereocenters. The minimum Gasteiger partial charge on any atom is -0.465 e. The second-order valence-corrected chi connectivity index (χ2v) is 5.04. The molecule has 3 N–H and O–H groups in total. The number of nitrogens with one attached hydrogen (secondary N) is 1. The van der Waals surface area contributed by atoms with Crippen LogP contribution in [0.3, 0.4) is 0 Å². The molecular formula is C13H22N2O. The molecule has 3 heteroatoms. The Morgan fingerprint density at radius 2 is 2.06 bits per heavy atom. The topological polar surface area (TPSA) is 51.2 Å². The van der Waals surface area contributed by atoms with Crippen LogP contribution in [-0.4, -0.2) is 12.1 Å². The Morgan fingerprint density at radius 3 is 2.69 bits per heavy atom. The number of aryl methyl sites for hydroxylation is 1. The molecule has 1 fully saturated rings. The van der Waals surface area contributed by atoms with Gasteiger partial charge in [-0.2, -0.15) is 0 Å². The molecule has 1 aliphatic carbocycles. The van der Waals surface area contributed by atoms with Gasteiger partial charge in [0, 0.05) is 12.1 Å². The monoisotopic (exact) mass is 222 g/mol. The van der Waals surface area contributed by atoms with Crippen LogP contribution < -0.4 is 11.1 Å². The second kappa shape index (κ2) is 5.02. The van der Waals surface area contributed by atoms with Gasteiger partial charge >= 0.3 is 0 Å². The summed E-state index contributed by atoms with van der Waals surface area (Å²) >= 11 is 0. The molecule has 1 aromatic heterocycles. The molecule has 0 aromatic carbocycles. The second-order valence-electron chi connectivity index (χ2n) is 5.04. The third-order valence-corrected chi connectivity index (χ3v) is 3.42. The molecule has 0 unspecified atom stereocenters. The number of rotatable bonds is 4. The zero-order valence-electron chi connectivity index (χ0n) is 10.1. The fourth-order valence-electron chi connectivity index (χ4n) is 2.45. The van der Waals surface area contributed by atoms with Crippen LogP contribution in [0.1, 0.15) is 43.6 Å². The van der Waals surface area contributed by atoms with Crippen LogP contribution in [0.15, 0.2) is 16.5 Å². The molecule has 0 spiro atoms. The standard InChI is InChI=1S/C13H22N2O/c1-11-5-6-12(16-11)9-15-10-13(14)7-3-2-4-8-13/h5-6,15H,2-4,7-10,14H2,1H3. The molecule has 90 valence electrons. The SMILES string of the molecule is Cc1ccc(CNCC2(N)CCCCC2)o1. The van der Waals surface area contributed by atoms with Crippen molar-refractivity contribution in [1.29, 1.82) is 0 Å². The molecule has 0 amide bonds. The quantitative estimate of drug-likeness (QED) is 0.822. The lowest BCUT2D eigenvalue weighted by Gasteiger charge is -2.33. The maximum Gasteiger partial charge on any atom is 0.117 e. The average molecular weight is 222 g/mol. The zero-order valence-corrected chi connectivity index (χ0v) is 10.1. The molecule has 3 nitrogen and oxygen atoms in total. The van der Waals surface area contributed by atoms with E-state index in [1.807, 2.05) is 19.1 Å². The van der Waals surface area contributed by atoms with E-state index in [2.05, 4.69) is 5.32 Å². The Balaban J connectivity index is 1.74. The fourth-order valence-corrected chi connectivity index (χ4v) is 2.45. The minimum atomic E-state index is 0.0138. The maximum absolute atomic E-state index is 6.34.